The van der Waals surface area contributed by atoms with E-state index in [9.17, 15) is 0 Å². The second kappa shape index (κ2) is 4.91. The molecule has 1 aromatic rings. The van der Waals surface area contributed by atoms with E-state index in [1.807, 2.05) is 0 Å². The number of ether oxygens (including phenoxy) is 1. The van der Waals surface area contributed by atoms with E-state index in [-0.39, 0.29) is 0 Å². The molecule has 5 nitrogen and oxygen atoms in total. The Kier molecular flexibility index (Phi) is 3.11. The Bertz CT molecular complexity index is 472. The van der Waals surface area contributed by atoms with Gasteiger partial charge in [0, 0.05) is 18.4 Å². The lowest BCUT2D eigenvalue weighted by Gasteiger charge is -2.11. The van der Waals surface area contributed by atoms with Crippen molar-refractivity contribution >= 4 is 0 Å². The third-order valence-corrected chi connectivity index (χ3v) is 3.45. The standard InChI is InChI=1S/C13H16N4O/c14-5-11-7-16-12(10-1-2-10)17-13(11)18-8-9-3-4-15-6-9/h7,9-10,15H,1-4,6,8H2/t9-/m0/s1. The van der Waals surface area contributed by atoms with Crippen LogP contribution in [0.15, 0.2) is 6.20 Å². The Morgan fingerprint density at radius 3 is 3.00 bits per heavy atom. The van der Waals surface area contributed by atoms with E-state index in [0.29, 0.717) is 29.9 Å². The minimum absolute atomic E-state index is 0.436. The summed E-state index contributed by atoms with van der Waals surface area (Å²) in [6, 6.07) is 2.09. The van der Waals surface area contributed by atoms with Crippen molar-refractivity contribution in [2.24, 2.45) is 5.92 Å². The zero-order valence-electron chi connectivity index (χ0n) is 10.2. The molecule has 1 aliphatic heterocycles. The zero-order chi connectivity index (χ0) is 12.4. The van der Waals surface area contributed by atoms with Gasteiger partial charge < -0.3 is 10.1 Å². The summed E-state index contributed by atoms with van der Waals surface area (Å²) in [5.74, 6) is 2.29. The van der Waals surface area contributed by atoms with Gasteiger partial charge in [-0.2, -0.15) is 10.2 Å². The molecule has 2 heterocycles. The predicted octanol–water partition coefficient (Wildman–Crippen LogP) is 1.21. The van der Waals surface area contributed by atoms with Gasteiger partial charge in [0.1, 0.15) is 17.5 Å². The van der Waals surface area contributed by atoms with Gasteiger partial charge >= 0.3 is 0 Å². The van der Waals surface area contributed by atoms with Gasteiger partial charge in [0.15, 0.2) is 0 Å². The van der Waals surface area contributed by atoms with E-state index >= 15 is 0 Å². The highest BCUT2D eigenvalue weighted by molar-refractivity contribution is 5.36. The summed E-state index contributed by atoms with van der Waals surface area (Å²) in [6.45, 7) is 2.67. The van der Waals surface area contributed by atoms with E-state index in [4.69, 9.17) is 10.00 Å². The first-order chi connectivity index (χ1) is 8.86. The molecule has 0 bridgehead atoms. The molecule has 1 saturated carbocycles. The fourth-order valence-corrected chi connectivity index (χ4v) is 2.16. The fraction of sp³-hybridized carbons (Fsp3) is 0.615. The van der Waals surface area contributed by atoms with E-state index < -0.39 is 0 Å². The Morgan fingerprint density at radius 2 is 2.33 bits per heavy atom. The van der Waals surface area contributed by atoms with Crippen molar-refractivity contribution in [1.29, 1.82) is 5.26 Å². The van der Waals surface area contributed by atoms with Crippen molar-refractivity contribution < 1.29 is 4.74 Å². The lowest BCUT2D eigenvalue weighted by atomic mass is 10.1. The molecule has 1 atom stereocenters. The number of aromatic nitrogens is 2. The molecule has 0 radical (unpaired) electrons. The van der Waals surface area contributed by atoms with Gasteiger partial charge in [-0.3, -0.25) is 0 Å². The SMILES string of the molecule is N#Cc1cnc(C2CC2)nc1OC[C@H]1CCNC1. The predicted molar refractivity (Wildman–Crippen MR) is 65.2 cm³/mol. The van der Waals surface area contributed by atoms with E-state index in [1.165, 1.54) is 0 Å². The smallest absolute Gasteiger partial charge is 0.235 e. The van der Waals surface area contributed by atoms with Gasteiger partial charge in [-0.1, -0.05) is 0 Å². The first-order valence-electron chi connectivity index (χ1n) is 6.47. The summed E-state index contributed by atoms with van der Waals surface area (Å²) in [4.78, 5) is 8.62. The molecule has 1 saturated heterocycles. The Morgan fingerprint density at radius 1 is 1.44 bits per heavy atom. The van der Waals surface area contributed by atoms with Crippen LogP contribution in [0, 0.1) is 17.2 Å². The molecule has 0 aromatic carbocycles. The molecular weight excluding hydrogens is 228 g/mol. The topological polar surface area (TPSA) is 70.8 Å². The molecular formula is C13H16N4O. The number of hydrogen-bond acceptors (Lipinski definition) is 5. The largest absolute Gasteiger partial charge is 0.476 e. The van der Waals surface area contributed by atoms with Crippen molar-refractivity contribution in [3.8, 4) is 11.9 Å². The molecule has 0 unspecified atom stereocenters. The van der Waals surface area contributed by atoms with Crippen LogP contribution < -0.4 is 10.1 Å². The number of hydrogen-bond donors (Lipinski definition) is 1. The van der Waals surface area contributed by atoms with Crippen LogP contribution in [0.3, 0.4) is 0 Å². The first-order valence-corrected chi connectivity index (χ1v) is 6.47. The summed E-state index contributed by atoms with van der Waals surface area (Å²) in [5, 5.41) is 12.3. The maximum absolute atomic E-state index is 9.03. The second-order valence-corrected chi connectivity index (χ2v) is 5.00. The monoisotopic (exact) mass is 244 g/mol. The van der Waals surface area contributed by atoms with Gasteiger partial charge in [0.25, 0.3) is 0 Å². The molecule has 1 aliphatic carbocycles. The number of nitriles is 1. The van der Waals surface area contributed by atoms with Crippen molar-refractivity contribution in [1.82, 2.24) is 15.3 Å². The first kappa shape index (κ1) is 11.4. The van der Waals surface area contributed by atoms with Crippen LogP contribution in [0.4, 0.5) is 0 Å². The van der Waals surface area contributed by atoms with Gasteiger partial charge in [0.2, 0.25) is 5.88 Å². The second-order valence-electron chi connectivity index (χ2n) is 5.00. The van der Waals surface area contributed by atoms with E-state index in [0.717, 1.165) is 38.2 Å². The summed E-state index contributed by atoms with van der Waals surface area (Å²) in [7, 11) is 0. The minimum atomic E-state index is 0.436. The number of rotatable bonds is 4. The van der Waals surface area contributed by atoms with Gasteiger partial charge in [-0.15, -0.1) is 0 Å². The van der Waals surface area contributed by atoms with Crippen molar-refractivity contribution in [2.45, 2.75) is 25.2 Å². The lowest BCUT2D eigenvalue weighted by molar-refractivity contribution is 0.249. The summed E-state index contributed by atoms with van der Waals surface area (Å²) in [5.41, 5.74) is 0.436. The van der Waals surface area contributed by atoms with Crippen LogP contribution in [0.5, 0.6) is 5.88 Å². The van der Waals surface area contributed by atoms with Crippen LogP contribution in [0.1, 0.15) is 36.6 Å². The molecule has 1 aromatic heterocycles. The molecule has 0 spiro atoms. The summed E-state index contributed by atoms with van der Waals surface area (Å²) in [6.07, 6.45) is 5.01. The minimum Gasteiger partial charge on any atom is -0.476 e. The molecule has 2 fully saturated rings. The summed E-state index contributed by atoms with van der Waals surface area (Å²) >= 11 is 0. The van der Waals surface area contributed by atoms with Crippen LogP contribution in [0.2, 0.25) is 0 Å². The fourth-order valence-electron chi connectivity index (χ4n) is 2.16. The average molecular weight is 244 g/mol. The maximum Gasteiger partial charge on any atom is 0.235 e. The molecule has 5 heteroatoms. The maximum atomic E-state index is 9.03. The Balaban J connectivity index is 1.71. The highest BCUT2D eigenvalue weighted by atomic mass is 16.5. The number of nitrogens with one attached hydrogen (secondary N) is 1. The average Bonchev–Trinajstić information content (AvgIpc) is 3.13. The van der Waals surface area contributed by atoms with Crippen molar-refractivity contribution in [2.75, 3.05) is 19.7 Å². The van der Waals surface area contributed by atoms with Crippen LogP contribution in [-0.4, -0.2) is 29.7 Å². The third-order valence-electron chi connectivity index (χ3n) is 3.45. The van der Waals surface area contributed by atoms with Gasteiger partial charge in [-0.25, -0.2) is 4.98 Å². The molecule has 94 valence electrons. The molecule has 1 N–H and O–H groups in total. The van der Waals surface area contributed by atoms with E-state index in [2.05, 4.69) is 21.4 Å². The quantitative estimate of drug-likeness (QED) is 0.862. The normalized spacial score (nSPS) is 22.7. The number of nitrogens with zero attached hydrogens (tertiary/aromatic N) is 3. The van der Waals surface area contributed by atoms with E-state index in [1.54, 1.807) is 6.20 Å². The molecule has 2 aliphatic rings. The molecule has 0 amide bonds. The summed E-state index contributed by atoms with van der Waals surface area (Å²) < 4.78 is 5.72. The highest BCUT2D eigenvalue weighted by Crippen LogP contribution is 2.38. The third kappa shape index (κ3) is 2.44. The zero-order valence-corrected chi connectivity index (χ0v) is 10.2. The van der Waals surface area contributed by atoms with Crippen molar-refractivity contribution in [3.05, 3.63) is 17.6 Å². The Hall–Kier alpha value is -1.67. The van der Waals surface area contributed by atoms with Gasteiger partial charge in [-0.05, 0) is 25.8 Å². The van der Waals surface area contributed by atoms with Gasteiger partial charge in [0.05, 0.1) is 12.8 Å². The lowest BCUT2D eigenvalue weighted by Crippen LogP contribution is -2.16. The highest BCUT2D eigenvalue weighted by Gasteiger charge is 2.27. The Labute approximate surface area is 106 Å². The van der Waals surface area contributed by atoms with Crippen LogP contribution in [-0.2, 0) is 0 Å². The molecule has 18 heavy (non-hydrogen) atoms. The van der Waals surface area contributed by atoms with Crippen LogP contribution >= 0.6 is 0 Å². The molecule has 3 rings (SSSR count). The van der Waals surface area contributed by atoms with Crippen LogP contribution in [0.25, 0.3) is 0 Å². The van der Waals surface area contributed by atoms with Crippen molar-refractivity contribution in [3.63, 3.8) is 0 Å².